The van der Waals surface area contributed by atoms with Crippen molar-refractivity contribution in [1.29, 1.82) is 0 Å². The molecule has 3 rings (SSSR count). The van der Waals surface area contributed by atoms with Crippen LogP contribution in [0.1, 0.15) is 77.1 Å². The van der Waals surface area contributed by atoms with Gasteiger partial charge in [-0.3, -0.25) is 0 Å². The zero-order valence-electron chi connectivity index (χ0n) is 23.9. The molecular formula is C30H47FN2O4. The molecule has 1 amide bonds. The second-order valence-corrected chi connectivity index (χ2v) is 11.3. The molecule has 0 fully saturated rings. The number of halogens is 1. The Kier molecular flexibility index (Phi) is 13.6. The first-order valence-corrected chi connectivity index (χ1v) is 13.0. The van der Waals surface area contributed by atoms with Crippen LogP contribution in [0.15, 0.2) is 42.5 Å². The molecular weight excluding hydrogens is 471 g/mol. The third kappa shape index (κ3) is 14.0. The zero-order chi connectivity index (χ0) is 28.1. The van der Waals surface area contributed by atoms with Crippen LogP contribution in [0.2, 0.25) is 0 Å². The van der Waals surface area contributed by atoms with E-state index in [1.165, 1.54) is 23.3 Å². The van der Waals surface area contributed by atoms with Gasteiger partial charge >= 0.3 is 6.09 Å². The minimum absolute atomic E-state index is 0.162. The number of carbonyl (C=O) groups excluding carboxylic acids is 1. The Hall–Kier alpha value is -2.64. The number of aliphatic hydroxyl groups excluding tert-OH is 1. The predicted octanol–water partition coefficient (Wildman–Crippen LogP) is 6.35. The Balaban J connectivity index is 0.000000574. The van der Waals surface area contributed by atoms with Crippen molar-refractivity contribution >= 4 is 6.09 Å². The van der Waals surface area contributed by atoms with E-state index < -0.39 is 5.60 Å². The Labute approximate surface area is 223 Å². The largest absolute Gasteiger partial charge is 0.493 e. The SMILES string of the molecule is CC(C)(C)Cc1ccc2c(c1)C(NCCCNC(=O)OC(C)(C)C)CCO2.CO.Cc1cccc(F)c1. The quantitative estimate of drug-likeness (QED) is 0.389. The minimum Gasteiger partial charge on any atom is -0.493 e. The highest BCUT2D eigenvalue weighted by Crippen LogP contribution is 2.34. The van der Waals surface area contributed by atoms with Crippen LogP contribution in [-0.4, -0.2) is 43.6 Å². The maximum atomic E-state index is 12.2. The lowest BCUT2D eigenvalue weighted by Crippen LogP contribution is -2.34. The number of rotatable bonds is 6. The number of amides is 1. The Morgan fingerprint density at radius 3 is 2.35 bits per heavy atom. The van der Waals surface area contributed by atoms with Crippen molar-refractivity contribution in [3.8, 4) is 5.75 Å². The number of nitrogens with one attached hydrogen (secondary N) is 2. The van der Waals surface area contributed by atoms with Gasteiger partial charge in [-0.05, 0) is 81.8 Å². The van der Waals surface area contributed by atoms with Gasteiger partial charge in [0.25, 0.3) is 0 Å². The van der Waals surface area contributed by atoms with E-state index in [2.05, 4.69) is 49.6 Å². The highest BCUT2D eigenvalue weighted by atomic mass is 19.1. The van der Waals surface area contributed by atoms with Crippen molar-refractivity contribution in [2.45, 2.75) is 79.4 Å². The second-order valence-electron chi connectivity index (χ2n) is 11.3. The summed E-state index contributed by atoms with van der Waals surface area (Å²) in [6, 6.07) is 13.4. The van der Waals surface area contributed by atoms with Gasteiger partial charge < -0.3 is 25.2 Å². The first kappa shape index (κ1) is 32.4. The molecule has 37 heavy (non-hydrogen) atoms. The normalized spacial score (nSPS) is 14.6. The number of ether oxygens (including phenoxy) is 2. The van der Waals surface area contributed by atoms with Gasteiger partial charge in [-0.1, -0.05) is 45.0 Å². The molecule has 2 aromatic carbocycles. The highest BCUT2D eigenvalue weighted by molar-refractivity contribution is 5.67. The van der Waals surface area contributed by atoms with Gasteiger partial charge in [0.15, 0.2) is 0 Å². The van der Waals surface area contributed by atoms with Crippen molar-refractivity contribution in [3.05, 3.63) is 65.0 Å². The summed E-state index contributed by atoms with van der Waals surface area (Å²) < 4.78 is 23.2. The van der Waals surface area contributed by atoms with E-state index in [9.17, 15) is 9.18 Å². The van der Waals surface area contributed by atoms with Crippen LogP contribution in [0.3, 0.4) is 0 Å². The zero-order valence-corrected chi connectivity index (χ0v) is 23.9. The average molecular weight is 519 g/mol. The van der Waals surface area contributed by atoms with E-state index in [0.717, 1.165) is 50.8 Å². The summed E-state index contributed by atoms with van der Waals surface area (Å²) in [5.41, 5.74) is 3.37. The molecule has 0 saturated carbocycles. The van der Waals surface area contributed by atoms with Crippen molar-refractivity contribution in [1.82, 2.24) is 10.6 Å². The van der Waals surface area contributed by atoms with Gasteiger partial charge in [-0.2, -0.15) is 0 Å². The maximum absolute atomic E-state index is 12.2. The number of aliphatic hydroxyl groups is 1. The van der Waals surface area contributed by atoms with E-state index in [1.807, 2.05) is 33.8 Å². The molecule has 0 bridgehead atoms. The summed E-state index contributed by atoms with van der Waals surface area (Å²) in [6.07, 6.45) is 2.51. The topological polar surface area (TPSA) is 79.8 Å². The van der Waals surface area contributed by atoms with Crippen LogP contribution in [0.5, 0.6) is 5.75 Å². The molecule has 6 nitrogen and oxygen atoms in total. The average Bonchev–Trinajstić information content (AvgIpc) is 2.78. The molecule has 1 heterocycles. The molecule has 2 aromatic rings. The van der Waals surface area contributed by atoms with E-state index >= 15 is 0 Å². The molecule has 0 aromatic heterocycles. The third-order valence-corrected chi connectivity index (χ3v) is 5.24. The van der Waals surface area contributed by atoms with Gasteiger partial charge in [-0.15, -0.1) is 0 Å². The fourth-order valence-corrected chi connectivity index (χ4v) is 3.85. The molecule has 0 aliphatic carbocycles. The summed E-state index contributed by atoms with van der Waals surface area (Å²) in [4.78, 5) is 11.7. The van der Waals surface area contributed by atoms with Gasteiger partial charge in [0.05, 0.1) is 6.61 Å². The molecule has 1 atom stereocenters. The predicted molar refractivity (Wildman–Crippen MR) is 149 cm³/mol. The van der Waals surface area contributed by atoms with Crippen LogP contribution < -0.4 is 15.4 Å². The highest BCUT2D eigenvalue weighted by Gasteiger charge is 2.22. The Morgan fingerprint density at radius 1 is 1.08 bits per heavy atom. The molecule has 0 saturated heterocycles. The van der Waals surface area contributed by atoms with Crippen LogP contribution in [-0.2, 0) is 11.2 Å². The lowest BCUT2D eigenvalue weighted by Gasteiger charge is -2.28. The molecule has 3 N–H and O–H groups in total. The van der Waals surface area contributed by atoms with Crippen molar-refractivity contribution in [2.24, 2.45) is 5.41 Å². The molecule has 1 unspecified atom stereocenters. The maximum Gasteiger partial charge on any atom is 0.407 e. The number of fused-ring (bicyclic) bond motifs is 1. The number of aryl methyl sites for hydroxylation is 1. The molecule has 0 radical (unpaired) electrons. The van der Waals surface area contributed by atoms with Gasteiger partial charge in [0.2, 0.25) is 0 Å². The van der Waals surface area contributed by atoms with E-state index in [-0.39, 0.29) is 17.3 Å². The van der Waals surface area contributed by atoms with Gasteiger partial charge in [0.1, 0.15) is 17.2 Å². The lowest BCUT2D eigenvalue weighted by atomic mass is 9.86. The summed E-state index contributed by atoms with van der Waals surface area (Å²) in [5, 5.41) is 13.4. The molecule has 7 heteroatoms. The van der Waals surface area contributed by atoms with Crippen LogP contribution in [0, 0.1) is 18.2 Å². The van der Waals surface area contributed by atoms with Crippen LogP contribution in [0.25, 0.3) is 0 Å². The fraction of sp³-hybridized carbons (Fsp3) is 0.567. The number of carbonyl (C=O) groups is 1. The molecule has 0 spiro atoms. The van der Waals surface area contributed by atoms with E-state index in [0.29, 0.717) is 12.6 Å². The standard InChI is InChI=1S/C22H36N2O3.C7H7F.CH4O/c1-21(2,3)15-16-8-9-19-17(14-16)18(10-13-26-19)23-11-7-12-24-20(25)27-22(4,5)6;1-6-3-2-4-7(8)5-6;1-2/h8-9,14,18,23H,7,10-13,15H2,1-6H3,(H,24,25);2-5H,1H3;2H,1H3. The number of hydrogen-bond acceptors (Lipinski definition) is 5. The summed E-state index contributed by atoms with van der Waals surface area (Å²) in [5.74, 6) is 0.827. The van der Waals surface area contributed by atoms with Crippen molar-refractivity contribution in [2.75, 3.05) is 26.8 Å². The molecule has 1 aliphatic rings. The smallest absolute Gasteiger partial charge is 0.407 e. The Bertz CT molecular complexity index is 934. The van der Waals surface area contributed by atoms with Crippen LogP contribution in [0.4, 0.5) is 9.18 Å². The minimum atomic E-state index is -0.459. The summed E-state index contributed by atoms with van der Waals surface area (Å²) in [6.45, 7) is 16.4. The molecule has 1 aliphatic heterocycles. The number of benzene rings is 2. The number of hydrogen-bond donors (Lipinski definition) is 3. The van der Waals surface area contributed by atoms with Gasteiger partial charge in [0, 0.05) is 31.7 Å². The van der Waals surface area contributed by atoms with E-state index in [4.69, 9.17) is 14.6 Å². The lowest BCUT2D eigenvalue weighted by molar-refractivity contribution is 0.0527. The summed E-state index contributed by atoms with van der Waals surface area (Å²) in [7, 11) is 1.00. The van der Waals surface area contributed by atoms with Gasteiger partial charge in [-0.25, -0.2) is 9.18 Å². The first-order valence-electron chi connectivity index (χ1n) is 13.0. The fourth-order valence-electron chi connectivity index (χ4n) is 3.85. The second kappa shape index (κ2) is 15.6. The first-order chi connectivity index (χ1) is 17.3. The number of alkyl carbamates (subject to hydrolysis) is 1. The molecule has 208 valence electrons. The third-order valence-electron chi connectivity index (χ3n) is 5.24. The van der Waals surface area contributed by atoms with E-state index in [1.54, 1.807) is 6.07 Å². The summed E-state index contributed by atoms with van der Waals surface area (Å²) >= 11 is 0. The van der Waals surface area contributed by atoms with Crippen molar-refractivity contribution in [3.63, 3.8) is 0 Å². The van der Waals surface area contributed by atoms with Crippen molar-refractivity contribution < 1.29 is 23.8 Å². The monoisotopic (exact) mass is 518 g/mol. The Morgan fingerprint density at radius 2 is 1.78 bits per heavy atom. The van der Waals surface area contributed by atoms with Crippen LogP contribution >= 0.6 is 0 Å².